The van der Waals surface area contributed by atoms with Gasteiger partial charge in [-0.15, -0.1) is 0 Å². The molecule has 0 aliphatic heterocycles. The summed E-state index contributed by atoms with van der Waals surface area (Å²) < 4.78 is 17.1. The molecule has 13 heteroatoms. The number of aliphatic hydroxyl groups excluding tert-OH is 2. The number of rotatable bonds is 26. The minimum Gasteiger partial charge on any atom is -0.507 e. The van der Waals surface area contributed by atoms with Gasteiger partial charge in [0.15, 0.2) is 17.5 Å². The molecule has 3 aromatic carbocycles. The second kappa shape index (κ2) is 24.6. The molecule has 4 rings (SSSR count). The number of aliphatic hydroxyl groups is 2. The van der Waals surface area contributed by atoms with Crippen LogP contribution in [0.15, 0.2) is 66.7 Å². The molecular formula is C47H65N3O10. The zero-order chi connectivity index (χ0) is 43.6. The van der Waals surface area contributed by atoms with Gasteiger partial charge in [0, 0.05) is 24.2 Å². The van der Waals surface area contributed by atoms with Gasteiger partial charge in [-0.2, -0.15) is 0 Å². The van der Waals surface area contributed by atoms with Crippen LogP contribution in [0.4, 0.5) is 0 Å². The van der Waals surface area contributed by atoms with Crippen LogP contribution in [0.2, 0.25) is 0 Å². The molecule has 13 nitrogen and oxygen atoms in total. The molecule has 328 valence electrons. The van der Waals surface area contributed by atoms with Gasteiger partial charge in [0.25, 0.3) is 0 Å². The molecule has 1 aromatic heterocycles. The van der Waals surface area contributed by atoms with E-state index in [2.05, 4.69) is 40.6 Å². The van der Waals surface area contributed by atoms with E-state index in [4.69, 9.17) is 14.2 Å². The number of carbonyl (C=O) groups excluding carboxylic acids is 1. The number of methoxy groups -OCH3 is 1. The van der Waals surface area contributed by atoms with Crippen molar-refractivity contribution >= 4 is 5.97 Å². The van der Waals surface area contributed by atoms with Crippen molar-refractivity contribution in [3.8, 4) is 51.4 Å². The number of ether oxygens (including phenoxy) is 3. The summed E-state index contributed by atoms with van der Waals surface area (Å²) in [4.78, 5) is 31.6. The molecule has 5 N–H and O–H groups in total. The Hall–Kier alpha value is -4.66. The van der Waals surface area contributed by atoms with Gasteiger partial charge < -0.3 is 34.6 Å². The van der Waals surface area contributed by atoms with E-state index in [1.165, 1.54) is 19.2 Å². The number of esters is 1. The Morgan fingerprint density at radius 3 is 1.95 bits per heavy atom. The molecule has 0 spiro atoms. The van der Waals surface area contributed by atoms with Crippen molar-refractivity contribution in [1.29, 1.82) is 0 Å². The standard InChI is InChI=1S/C47H65N3O10/c1-7-11-16-31(9-3)27-58-28-35(30(5)60-56)29-59-36-21-23-38(42(53)25-36)46-49-44(33-18-14-13-15-19-33)48-45(50-46)37-22-20-34(24-41(37)52)43(54)39(47(55)57-6)26-40(51)32(10-4)17-12-8-2/h13-15,18-25,30-32,35,39-40,43,51-54,56H,7-12,16-17,26-29H2,1-6H3. The van der Waals surface area contributed by atoms with E-state index in [1.54, 1.807) is 31.2 Å². The van der Waals surface area contributed by atoms with Crippen LogP contribution < -0.4 is 4.74 Å². The molecular weight excluding hydrogens is 767 g/mol. The molecule has 0 saturated heterocycles. The zero-order valence-electron chi connectivity index (χ0n) is 36.0. The third-order valence-electron chi connectivity index (χ3n) is 11.4. The maximum atomic E-state index is 12.9. The second-order valence-electron chi connectivity index (χ2n) is 15.7. The minimum absolute atomic E-state index is 0.00697. The predicted octanol–water partition coefficient (Wildman–Crippen LogP) is 9.18. The van der Waals surface area contributed by atoms with Crippen LogP contribution in [0.1, 0.15) is 104 Å². The number of nitrogens with zero attached hydrogens (tertiary/aromatic N) is 3. The first-order chi connectivity index (χ1) is 29.0. The first-order valence-corrected chi connectivity index (χ1v) is 21.4. The van der Waals surface area contributed by atoms with Crippen LogP contribution in [0, 0.1) is 23.7 Å². The molecule has 1 heterocycles. The van der Waals surface area contributed by atoms with Crippen LogP contribution in [-0.4, -0.2) is 85.7 Å². The van der Waals surface area contributed by atoms with Gasteiger partial charge >= 0.3 is 5.97 Å². The highest BCUT2D eigenvalue weighted by Crippen LogP contribution is 2.38. The fraction of sp³-hybridized carbons (Fsp3) is 0.532. The first kappa shape index (κ1) is 48.0. The molecule has 0 bridgehead atoms. The highest BCUT2D eigenvalue weighted by Gasteiger charge is 2.34. The SMILES string of the molecule is CCCCC(CC)COCC(COc1ccc(-c2nc(-c3ccccc3)nc(-c3ccc(C(O)C(CC(O)C(CC)CCCC)C(=O)OC)cc3O)n2)c(O)c1)C(C)OO. The van der Waals surface area contributed by atoms with E-state index in [1.807, 2.05) is 37.3 Å². The number of phenols is 2. The molecule has 0 radical (unpaired) electrons. The zero-order valence-corrected chi connectivity index (χ0v) is 36.0. The lowest BCUT2D eigenvalue weighted by molar-refractivity contribution is -0.289. The van der Waals surface area contributed by atoms with E-state index < -0.39 is 30.2 Å². The molecule has 7 unspecified atom stereocenters. The van der Waals surface area contributed by atoms with Crippen molar-refractivity contribution in [2.24, 2.45) is 23.7 Å². The van der Waals surface area contributed by atoms with Gasteiger partial charge in [0.2, 0.25) is 0 Å². The lowest BCUT2D eigenvalue weighted by atomic mass is 9.84. The van der Waals surface area contributed by atoms with Crippen molar-refractivity contribution < 1.29 is 49.6 Å². The molecule has 0 fully saturated rings. The Bertz CT molecular complexity index is 1900. The minimum atomic E-state index is -1.38. The molecule has 0 amide bonds. The maximum Gasteiger partial charge on any atom is 0.311 e. The van der Waals surface area contributed by atoms with E-state index in [0.29, 0.717) is 30.4 Å². The number of phenolic OH excluding ortho intramolecular Hbond substituents is 2. The van der Waals surface area contributed by atoms with Gasteiger partial charge in [0.05, 0.1) is 55.7 Å². The predicted molar refractivity (Wildman–Crippen MR) is 230 cm³/mol. The average molecular weight is 832 g/mol. The van der Waals surface area contributed by atoms with Crippen LogP contribution in [0.5, 0.6) is 17.2 Å². The van der Waals surface area contributed by atoms with Gasteiger partial charge in [0.1, 0.15) is 17.2 Å². The number of benzene rings is 3. The summed E-state index contributed by atoms with van der Waals surface area (Å²) in [6, 6.07) is 18.4. The number of hydrogen-bond acceptors (Lipinski definition) is 13. The van der Waals surface area contributed by atoms with E-state index in [0.717, 1.165) is 51.4 Å². The number of carbonyl (C=O) groups is 1. The largest absolute Gasteiger partial charge is 0.507 e. The van der Waals surface area contributed by atoms with E-state index >= 15 is 0 Å². The Morgan fingerprint density at radius 2 is 1.37 bits per heavy atom. The summed E-state index contributed by atoms with van der Waals surface area (Å²) in [7, 11) is 1.24. The smallest absolute Gasteiger partial charge is 0.311 e. The summed E-state index contributed by atoms with van der Waals surface area (Å²) >= 11 is 0. The van der Waals surface area contributed by atoms with Crippen molar-refractivity contribution in [1.82, 2.24) is 15.0 Å². The van der Waals surface area contributed by atoms with Crippen LogP contribution >= 0.6 is 0 Å². The number of aromatic nitrogens is 3. The fourth-order valence-corrected chi connectivity index (χ4v) is 7.26. The van der Waals surface area contributed by atoms with E-state index in [9.17, 15) is 30.5 Å². The average Bonchev–Trinajstić information content (AvgIpc) is 3.27. The van der Waals surface area contributed by atoms with E-state index in [-0.39, 0.29) is 70.5 Å². The Morgan fingerprint density at radius 1 is 0.733 bits per heavy atom. The van der Waals surface area contributed by atoms with Crippen molar-refractivity contribution in [3.05, 3.63) is 72.3 Å². The number of aromatic hydroxyl groups is 2. The van der Waals surface area contributed by atoms with Crippen molar-refractivity contribution in [3.63, 3.8) is 0 Å². The molecule has 0 saturated carbocycles. The number of hydrogen-bond donors (Lipinski definition) is 5. The van der Waals surface area contributed by atoms with Crippen molar-refractivity contribution in [2.45, 2.75) is 111 Å². The molecule has 4 aromatic rings. The summed E-state index contributed by atoms with van der Waals surface area (Å²) in [6.45, 7) is 11.2. The van der Waals surface area contributed by atoms with Crippen LogP contribution in [0.3, 0.4) is 0 Å². The Labute approximate surface area is 354 Å². The lowest BCUT2D eigenvalue weighted by Gasteiger charge is -2.28. The van der Waals surface area contributed by atoms with Crippen LogP contribution in [0.25, 0.3) is 34.2 Å². The quantitative estimate of drug-likeness (QED) is 0.0229. The summed E-state index contributed by atoms with van der Waals surface area (Å²) in [5.41, 5.74) is 1.41. The van der Waals surface area contributed by atoms with Gasteiger partial charge in [-0.05, 0) is 67.9 Å². The van der Waals surface area contributed by atoms with Crippen molar-refractivity contribution in [2.75, 3.05) is 26.9 Å². The monoisotopic (exact) mass is 831 g/mol. The van der Waals surface area contributed by atoms with Gasteiger partial charge in [-0.3, -0.25) is 10.1 Å². The summed E-state index contributed by atoms with van der Waals surface area (Å²) in [5, 5.41) is 54.7. The summed E-state index contributed by atoms with van der Waals surface area (Å²) in [5.74, 6) is -1.15. The first-order valence-electron chi connectivity index (χ1n) is 21.4. The van der Waals surface area contributed by atoms with Gasteiger partial charge in [-0.1, -0.05) is 103 Å². The fourth-order valence-electron chi connectivity index (χ4n) is 7.26. The third kappa shape index (κ3) is 13.4. The Balaban J connectivity index is 1.60. The normalized spacial score (nSPS) is 15.1. The second-order valence-corrected chi connectivity index (χ2v) is 15.7. The maximum absolute atomic E-state index is 12.9. The third-order valence-corrected chi connectivity index (χ3v) is 11.4. The lowest BCUT2D eigenvalue weighted by Crippen LogP contribution is -2.31. The molecule has 7 atom stereocenters. The summed E-state index contributed by atoms with van der Waals surface area (Å²) in [6.07, 6.45) is 5.09. The van der Waals surface area contributed by atoms with Crippen LogP contribution in [-0.2, 0) is 19.2 Å². The Kier molecular flexibility index (Phi) is 19.7. The molecule has 0 aliphatic carbocycles. The molecule has 0 aliphatic rings. The highest BCUT2D eigenvalue weighted by atomic mass is 17.1. The number of unbranched alkanes of at least 4 members (excludes halogenated alkanes) is 2. The molecule has 60 heavy (non-hydrogen) atoms. The highest BCUT2D eigenvalue weighted by molar-refractivity contribution is 5.75. The van der Waals surface area contributed by atoms with Gasteiger partial charge in [-0.25, -0.2) is 19.8 Å². The topological polar surface area (TPSA) is 194 Å².